The number of hydrogen-bond acceptors (Lipinski definition) is 7. The molecule has 0 aromatic rings. The van der Waals surface area contributed by atoms with Crippen LogP contribution in [0, 0.1) is 0 Å². The minimum Gasteiger partial charge on any atom is -0.394 e. The molecule has 1 rings (SSSR count). The van der Waals surface area contributed by atoms with Gasteiger partial charge < -0.3 is 35.6 Å². The van der Waals surface area contributed by atoms with Gasteiger partial charge in [-0.15, -0.1) is 0 Å². The van der Waals surface area contributed by atoms with Crippen LogP contribution in [0.5, 0.6) is 0 Å². The van der Waals surface area contributed by atoms with Crippen molar-refractivity contribution in [3.8, 4) is 0 Å². The summed E-state index contributed by atoms with van der Waals surface area (Å²) in [7, 11) is 0. The molecule has 0 aliphatic carbocycles. The van der Waals surface area contributed by atoms with Gasteiger partial charge >= 0.3 is 0 Å². The van der Waals surface area contributed by atoms with Crippen molar-refractivity contribution in [3.05, 3.63) is 0 Å². The van der Waals surface area contributed by atoms with Crippen molar-refractivity contribution in [2.24, 2.45) is 0 Å². The summed E-state index contributed by atoms with van der Waals surface area (Å²) in [5.74, 6) is -0.818. The molecule has 8 nitrogen and oxygen atoms in total. The topological polar surface area (TPSA) is 139 Å². The van der Waals surface area contributed by atoms with E-state index in [2.05, 4.69) is 5.32 Å². The number of aliphatic hydroxyl groups excluding tert-OH is 5. The fourth-order valence-electron chi connectivity index (χ4n) is 1.48. The van der Waals surface area contributed by atoms with Crippen molar-refractivity contribution in [2.75, 3.05) is 13.2 Å². The highest BCUT2D eigenvalue weighted by molar-refractivity contribution is 5.77. The third-order valence-electron chi connectivity index (χ3n) is 2.37. The van der Waals surface area contributed by atoms with E-state index in [1.807, 2.05) is 0 Å². The molecule has 1 saturated heterocycles. The Morgan fingerprint density at radius 3 is 2.31 bits per heavy atom. The fraction of sp³-hybridized carbons (Fsp3) is 0.875. The largest absolute Gasteiger partial charge is 0.394 e. The highest BCUT2D eigenvalue weighted by atomic mass is 16.6. The maximum atomic E-state index is 10.9. The first-order chi connectivity index (χ1) is 7.51. The summed E-state index contributed by atoms with van der Waals surface area (Å²) in [4.78, 5) is 10.9. The molecule has 0 radical (unpaired) electrons. The molecule has 94 valence electrons. The Bertz CT molecular complexity index is 249. The molecule has 1 fully saturated rings. The van der Waals surface area contributed by atoms with Crippen LogP contribution in [0.2, 0.25) is 0 Å². The van der Waals surface area contributed by atoms with E-state index in [9.17, 15) is 20.1 Å². The van der Waals surface area contributed by atoms with Crippen molar-refractivity contribution in [1.29, 1.82) is 0 Å². The van der Waals surface area contributed by atoms with Gasteiger partial charge in [0, 0.05) is 0 Å². The molecule has 0 bridgehead atoms. The first-order valence-corrected chi connectivity index (χ1v) is 4.72. The van der Waals surface area contributed by atoms with Gasteiger partial charge in [-0.1, -0.05) is 0 Å². The quantitative estimate of drug-likeness (QED) is 0.293. The van der Waals surface area contributed by atoms with Gasteiger partial charge in [-0.25, -0.2) is 0 Å². The van der Waals surface area contributed by atoms with Crippen LogP contribution in [0.15, 0.2) is 0 Å². The summed E-state index contributed by atoms with van der Waals surface area (Å²) in [5.41, 5.74) is 0. The standard InChI is InChI=1S/C8H15NO7/c10-1-3-6(13)7(14)5(8(15)16-3)9-4(12)2-11/h3,5-8,10-11,13-15H,1-2H2,(H,9,12)/t3?,5?,6-,7-,8-/m1/s1. The summed E-state index contributed by atoms with van der Waals surface area (Å²) in [6.07, 6.45) is -5.60. The van der Waals surface area contributed by atoms with Crippen LogP contribution in [0.1, 0.15) is 0 Å². The molecule has 0 aromatic heterocycles. The maximum Gasteiger partial charge on any atom is 0.246 e. The van der Waals surface area contributed by atoms with Crippen LogP contribution in [-0.2, 0) is 9.53 Å². The van der Waals surface area contributed by atoms with Crippen molar-refractivity contribution in [1.82, 2.24) is 5.32 Å². The lowest BCUT2D eigenvalue weighted by molar-refractivity contribution is -0.254. The van der Waals surface area contributed by atoms with E-state index >= 15 is 0 Å². The average Bonchev–Trinajstić information content (AvgIpc) is 2.28. The molecule has 2 unspecified atom stereocenters. The second kappa shape index (κ2) is 5.53. The van der Waals surface area contributed by atoms with Crippen molar-refractivity contribution in [2.45, 2.75) is 30.6 Å². The zero-order valence-electron chi connectivity index (χ0n) is 8.35. The Balaban J connectivity index is 2.67. The van der Waals surface area contributed by atoms with Gasteiger partial charge in [-0.2, -0.15) is 0 Å². The van der Waals surface area contributed by atoms with Gasteiger partial charge in [0.15, 0.2) is 6.29 Å². The number of aliphatic hydroxyl groups is 5. The van der Waals surface area contributed by atoms with Gasteiger partial charge in [0.25, 0.3) is 0 Å². The molecule has 16 heavy (non-hydrogen) atoms. The number of carbonyl (C=O) groups is 1. The number of nitrogens with one attached hydrogen (secondary N) is 1. The molecule has 6 N–H and O–H groups in total. The molecular formula is C8H15NO7. The van der Waals surface area contributed by atoms with Crippen LogP contribution >= 0.6 is 0 Å². The molecule has 1 amide bonds. The van der Waals surface area contributed by atoms with Crippen LogP contribution in [0.3, 0.4) is 0 Å². The van der Waals surface area contributed by atoms with Crippen molar-refractivity contribution in [3.63, 3.8) is 0 Å². The van der Waals surface area contributed by atoms with E-state index in [4.69, 9.17) is 14.9 Å². The van der Waals surface area contributed by atoms with Gasteiger partial charge in [0.1, 0.15) is 31.0 Å². The predicted octanol–water partition coefficient (Wildman–Crippen LogP) is -4.11. The Kier molecular flexibility index (Phi) is 4.59. The van der Waals surface area contributed by atoms with Gasteiger partial charge in [0.2, 0.25) is 5.91 Å². The molecule has 1 aliphatic heterocycles. The summed E-state index contributed by atoms with van der Waals surface area (Å²) in [5, 5.41) is 47.8. The van der Waals surface area contributed by atoms with E-state index in [1.54, 1.807) is 0 Å². The third-order valence-corrected chi connectivity index (χ3v) is 2.37. The van der Waals surface area contributed by atoms with Crippen molar-refractivity contribution < 1.29 is 35.1 Å². The minimum absolute atomic E-state index is 0.573. The molecule has 8 heteroatoms. The Labute approximate surface area is 91.1 Å². The maximum absolute atomic E-state index is 10.9. The molecule has 0 saturated carbocycles. The molecule has 1 heterocycles. The Morgan fingerprint density at radius 1 is 1.19 bits per heavy atom. The summed E-state index contributed by atoms with van der Waals surface area (Å²) in [6.45, 7) is -1.38. The lowest BCUT2D eigenvalue weighted by Gasteiger charge is -2.40. The monoisotopic (exact) mass is 237 g/mol. The first-order valence-electron chi connectivity index (χ1n) is 4.72. The van der Waals surface area contributed by atoms with Crippen LogP contribution in [0.4, 0.5) is 0 Å². The highest BCUT2D eigenvalue weighted by Gasteiger charge is 2.44. The summed E-state index contributed by atoms with van der Waals surface area (Å²) < 4.78 is 4.78. The number of carbonyl (C=O) groups excluding carboxylic acids is 1. The van der Waals surface area contributed by atoms with Gasteiger partial charge in [-0.3, -0.25) is 4.79 Å². The van der Waals surface area contributed by atoms with E-state index in [-0.39, 0.29) is 0 Å². The minimum atomic E-state index is -1.56. The second-order valence-corrected chi connectivity index (χ2v) is 3.48. The van der Waals surface area contributed by atoms with E-state index in [1.165, 1.54) is 0 Å². The molecule has 0 spiro atoms. The molecule has 1 aliphatic rings. The highest BCUT2D eigenvalue weighted by Crippen LogP contribution is 2.19. The zero-order valence-corrected chi connectivity index (χ0v) is 8.35. The SMILES string of the molecule is O=C(CO)NC1[C@H](O)OC(CO)[C@@H](O)[C@@H]1O. The lowest BCUT2D eigenvalue weighted by atomic mass is 9.97. The normalized spacial score (nSPS) is 39.4. The molecule has 0 aromatic carbocycles. The fourth-order valence-corrected chi connectivity index (χ4v) is 1.48. The summed E-state index contributed by atoms with van der Waals surface area (Å²) >= 11 is 0. The lowest BCUT2D eigenvalue weighted by Crippen LogP contribution is -2.64. The zero-order chi connectivity index (χ0) is 12.3. The Hall–Kier alpha value is -0.770. The van der Waals surface area contributed by atoms with Gasteiger partial charge in [-0.05, 0) is 0 Å². The van der Waals surface area contributed by atoms with E-state index in [0.29, 0.717) is 0 Å². The number of amides is 1. The van der Waals surface area contributed by atoms with E-state index < -0.39 is 49.8 Å². The number of ether oxygens (including phenoxy) is 1. The molecular weight excluding hydrogens is 222 g/mol. The second-order valence-electron chi connectivity index (χ2n) is 3.48. The molecule has 5 atom stereocenters. The van der Waals surface area contributed by atoms with Crippen LogP contribution < -0.4 is 5.32 Å². The van der Waals surface area contributed by atoms with E-state index in [0.717, 1.165) is 0 Å². The van der Waals surface area contributed by atoms with Crippen molar-refractivity contribution >= 4 is 5.91 Å². The smallest absolute Gasteiger partial charge is 0.246 e. The number of rotatable bonds is 3. The van der Waals surface area contributed by atoms with Gasteiger partial charge in [0.05, 0.1) is 6.61 Å². The van der Waals surface area contributed by atoms with Crippen LogP contribution in [-0.4, -0.2) is 75.3 Å². The van der Waals surface area contributed by atoms with Crippen LogP contribution in [0.25, 0.3) is 0 Å². The average molecular weight is 237 g/mol. The number of hydrogen-bond donors (Lipinski definition) is 6. The summed E-state index contributed by atoms with van der Waals surface area (Å²) in [6, 6.07) is -1.25. The first kappa shape index (κ1) is 13.3. The Morgan fingerprint density at radius 2 is 1.81 bits per heavy atom. The predicted molar refractivity (Wildman–Crippen MR) is 49.0 cm³/mol. The third kappa shape index (κ3) is 2.67.